The molecule has 8 nitrogen and oxygen atoms in total. The predicted octanol–water partition coefficient (Wildman–Crippen LogP) is 1.34. The molecule has 0 aromatic heterocycles. The summed E-state index contributed by atoms with van der Waals surface area (Å²) in [6.45, 7) is 4.74. The van der Waals surface area contributed by atoms with Gasteiger partial charge < -0.3 is 10.1 Å². The first-order valence-electron chi connectivity index (χ1n) is 6.52. The van der Waals surface area contributed by atoms with Crippen molar-refractivity contribution in [1.82, 2.24) is 4.72 Å². The van der Waals surface area contributed by atoms with E-state index in [1.165, 1.54) is 18.2 Å². The molecule has 0 aliphatic rings. The molecule has 0 amide bonds. The maximum atomic E-state index is 12.2. The van der Waals surface area contributed by atoms with E-state index in [4.69, 9.17) is 4.74 Å². The minimum absolute atomic E-state index is 0.0543. The smallest absolute Gasteiger partial charge is 0.312 e. The molecule has 0 spiro atoms. The Hall–Kier alpha value is -1.71. The van der Waals surface area contributed by atoms with E-state index in [-0.39, 0.29) is 23.7 Å². The largest absolute Gasteiger partial charge is 0.380 e. The molecule has 0 bridgehead atoms. The van der Waals surface area contributed by atoms with E-state index in [9.17, 15) is 18.5 Å². The van der Waals surface area contributed by atoms with Crippen molar-refractivity contribution >= 4 is 21.4 Å². The zero-order valence-electron chi connectivity index (χ0n) is 12.0. The molecule has 21 heavy (non-hydrogen) atoms. The molecule has 1 aromatic carbocycles. The fourth-order valence-corrected chi connectivity index (χ4v) is 2.94. The minimum atomic E-state index is -3.97. The van der Waals surface area contributed by atoms with Crippen molar-refractivity contribution < 1.29 is 18.1 Å². The van der Waals surface area contributed by atoms with E-state index in [2.05, 4.69) is 10.0 Å². The molecule has 0 heterocycles. The first-order valence-corrected chi connectivity index (χ1v) is 8.01. The van der Waals surface area contributed by atoms with Gasteiger partial charge in [0, 0.05) is 19.7 Å². The van der Waals surface area contributed by atoms with Crippen molar-refractivity contribution in [2.24, 2.45) is 0 Å². The van der Waals surface area contributed by atoms with Gasteiger partial charge in [-0.1, -0.05) is 6.07 Å². The van der Waals surface area contributed by atoms with Crippen LogP contribution in [-0.4, -0.2) is 39.6 Å². The van der Waals surface area contributed by atoms with Crippen LogP contribution in [0.4, 0.5) is 11.4 Å². The Balaban J connectivity index is 3.10. The number of nitro benzene ring substituents is 1. The van der Waals surface area contributed by atoms with Crippen LogP contribution in [0.3, 0.4) is 0 Å². The fourth-order valence-electron chi connectivity index (χ4n) is 1.73. The van der Waals surface area contributed by atoms with E-state index in [0.29, 0.717) is 13.2 Å². The van der Waals surface area contributed by atoms with Crippen LogP contribution in [0, 0.1) is 10.1 Å². The summed E-state index contributed by atoms with van der Waals surface area (Å²) in [6.07, 6.45) is 0. The third kappa shape index (κ3) is 4.66. The zero-order chi connectivity index (χ0) is 15.9. The average molecular weight is 317 g/mol. The number of hydrogen-bond donors (Lipinski definition) is 2. The number of ether oxygens (including phenoxy) is 1. The summed E-state index contributed by atoms with van der Waals surface area (Å²) >= 11 is 0. The molecule has 1 aromatic rings. The molecule has 2 N–H and O–H groups in total. The van der Waals surface area contributed by atoms with Crippen LogP contribution in [0.5, 0.6) is 0 Å². The van der Waals surface area contributed by atoms with Crippen LogP contribution in [0.1, 0.15) is 13.8 Å². The number of rotatable bonds is 9. The van der Waals surface area contributed by atoms with Gasteiger partial charge in [-0.15, -0.1) is 0 Å². The molecule has 0 saturated carbocycles. The van der Waals surface area contributed by atoms with Gasteiger partial charge in [0.1, 0.15) is 5.69 Å². The highest BCUT2D eigenvalue weighted by Crippen LogP contribution is 2.31. The summed E-state index contributed by atoms with van der Waals surface area (Å²) in [5.74, 6) is 0. The second-order valence-electron chi connectivity index (χ2n) is 4.03. The molecule has 1 rings (SSSR count). The summed E-state index contributed by atoms with van der Waals surface area (Å²) in [5.41, 5.74) is -0.279. The number of benzene rings is 1. The van der Waals surface area contributed by atoms with Gasteiger partial charge in [-0.05, 0) is 26.0 Å². The molecule has 0 aliphatic heterocycles. The SMILES string of the molecule is CCNc1cccc(S(=O)(=O)NCCOCC)c1[N+](=O)[O-]. The second kappa shape index (κ2) is 7.91. The Morgan fingerprint density at radius 2 is 2.05 bits per heavy atom. The number of hydrogen-bond acceptors (Lipinski definition) is 6. The number of nitrogens with one attached hydrogen (secondary N) is 2. The van der Waals surface area contributed by atoms with Gasteiger partial charge in [0.25, 0.3) is 0 Å². The maximum Gasteiger partial charge on any atom is 0.312 e. The number of anilines is 1. The molecule has 0 radical (unpaired) electrons. The first kappa shape index (κ1) is 17.3. The van der Waals surface area contributed by atoms with Crippen molar-refractivity contribution in [2.75, 3.05) is 31.6 Å². The van der Waals surface area contributed by atoms with Gasteiger partial charge in [0.05, 0.1) is 11.5 Å². The molecule has 118 valence electrons. The van der Waals surface area contributed by atoms with Gasteiger partial charge in [0.2, 0.25) is 10.0 Å². The van der Waals surface area contributed by atoms with Crippen LogP contribution < -0.4 is 10.0 Å². The van der Waals surface area contributed by atoms with Crippen molar-refractivity contribution in [1.29, 1.82) is 0 Å². The highest BCUT2D eigenvalue weighted by molar-refractivity contribution is 7.89. The zero-order valence-corrected chi connectivity index (χ0v) is 12.8. The quantitative estimate of drug-likeness (QED) is 0.404. The van der Waals surface area contributed by atoms with E-state index in [1.807, 2.05) is 0 Å². The van der Waals surface area contributed by atoms with Crippen molar-refractivity contribution in [3.05, 3.63) is 28.3 Å². The van der Waals surface area contributed by atoms with E-state index >= 15 is 0 Å². The predicted molar refractivity (Wildman–Crippen MR) is 78.9 cm³/mol. The number of para-hydroxylation sites is 1. The summed E-state index contributed by atoms with van der Waals surface area (Å²) in [4.78, 5) is 10.1. The Bertz CT molecular complexity index is 589. The topological polar surface area (TPSA) is 111 Å². The second-order valence-corrected chi connectivity index (χ2v) is 5.77. The van der Waals surface area contributed by atoms with Crippen LogP contribution in [0.15, 0.2) is 23.1 Å². The lowest BCUT2D eigenvalue weighted by Crippen LogP contribution is -2.28. The molecular weight excluding hydrogens is 298 g/mol. The molecule has 0 unspecified atom stereocenters. The highest BCUT2D eigenvalue weighted by Gasteiger charge is 2.28. The monoisotopic (exact) mass is 317 g/mol. The normalized spacial score (nSPS) is 11.3. The van der Waals surface area contributed by atoms with E-state index in [0.717, 1.165) is 0 Å². The molecule has 9 heteroatoms. The molecule has 0 fully saturated rings. The Kier molecular flexibility index (Phi) is 6.53. The van der Waals surface area contributed by atoms with Crippen molar-refractivity contribution in [3.8, 4) is 0 Å². The minimum Gasteiger partial charge on any atom is -0.380 e. The lowest BCUT2D eigenvalue weighted by molar-refractivity contribution is -0.386. The van der Waals surface area contributed by atoms with Gasteiger partial charge in [0.15, 0.2) is 4.90 Å². The highest BCUT2D eigenvalue weighted by atomic mass is 32.2. The van der Waals surface area contributed by atoms with Gasteiger partial charge in [-0.3, -0.25) is 10.1 Å². The fraction of sp³-hybridized carbons (Fsp3) is 0.500. The Morgan fingerprint density at radius 3 is 2.62 bits per heavy atom. The lowest BCUT2D eigenvalue weighted by Gasteiger charge is -2.10. The van der Waals surface area contributed by atoms with Gasteiger partial charge in [-0.2, -0.15) is 0 Å². The molecular formula is C12H19N3O5S. The van der Waals surface area contributed by atoms with Crippen molar-refractivity contribution in [3.63, 3.8) is 0 Å². The van der Waals surface area contributed by atoms with Crippen molar-refractivity contribution in [2.45, 2.75) is 18.7 Å². The summed E-state index contributed by atoms with van der Waals surface area (Å²) in [7, 11) is -3.97. The lowest BCUT2D eigenvalue weighted by atomic mass is 10.2. The Labute approximate surface area is 123 Å². The third-order valence-corrected chi connectivity index (χ3v) is 4.07. The molecule has 0 atom stereocenters. The van der Waals surface area contributed by atoms with Crippen LogP contribution in [-0.2, 0) is 14.8 Å². The summed E-state index contributed by atoms with van der Waals surface area (Å²) in [5, 5.41) is 14.0. The maximum absolute atomic E-state index is 12.2. The number of sulfonamides is 1. The van der Waals surface area contributed by atoms with E-state index < -0.39 is 20.6 Å². The Morgan fingerprint density at radius 1 is 1.33 bits per heavy atom. The first-order chi connectivity index (χ1) is 9.94. The third-order valence-electron chi connectivity index (χ3n) is 2.58. The van der Waals surface area contributed by atoms with Crippen LogP contribution in [0.2, 0.25) is 0 Å². The van der Waals surface area contributed by atoms with Crippen LogP contribution >= 0.6 is 0 Å². The van der Waals surface area contributed by atoms with Gasteiger partial charge >= 0.3 is 5.69 Å². The number of nitrogens with zero attached hydrogens (tertiary/aromatic N) is 1. The molecule has 0 saturated heterocycles. The van der Waals surface area contributed by atoms with Crippen LogP contribution in [0.25, 0.3) is 0 Å². The average Bonchev–Trinajstić information content (AvgIpc) is 2.43. The standard InChI is InChI=1S/C12H19N3O5S/c1-3-13-10-6-5-7-11(12(10)15(16)17)21(18,19)14-8-9-20-4-2/h5-7,13-14H,3-4,8-9H2,1-2H3. The summed E-state index contributed by atoms with van der Waals surface area (Å²) in [6, 6.07) is 4.14. The van der Waals surface area contributed by atoms with Gasteiger partial charge in [-0.25, -0.2) is 13.1 Å². The molecule has 0 aliphatic carbocycles. The van der Waals surface area contributed by atoms with E-state index in [1.54, 1.807) is 13.8 Å². The summed E-state index contributed by atoms with van der Waals surface area (Å²) < 4.78 is 31.7. The number of nitro groups is 1.